The highest BCUT2D eigenvalue weighted by Crippen LogP contribution is 2.38. The van der Waals surface area contributed by atoms with E-state index in [4.69, 9.17) is 31.2 Å². The summed E-state index contributed by atoms with van der Waals surface area (Å²) in [5.41, 5.74) is 4.47. The van der Waals surface area contributed by atoms with Gasteiger partial charge in [0, 0.05) is 12.2 Å². The maximum absolute atomic E-state index is 6.22. The minimum absolute atomic E-state index is 0.101. The van der Waals surface area contributed by atoms with Crippen LogP contribution in [0.2, 0.25) is 0 Å². The lowest BCUT2D eigenvalue weighted by molar-refractivity contribution is 0.190. The summed E-state index contributed by atoms with van der Waals surface area (Å²) in [7, 11) is 4.96. The van der Waals surface area contributed by atoms with Crippen molar-refractivity contribution in [1.82, 2.24) is 4.90 Å². The van der Waals surface area contributed by atoms with E-state index in [9.17, 15) is 0 Å². The topological polar surface area (TPSA) is 52.2 Å². The number of hydrogen-bond donors (Lipinski definition) is 1. The van der Waals surface area contributed by atoms with Crippen molar-refractivity contribution in [3.8, 4) is 23.0 Å². The van der Waals surface area contributed by atoms with Crippen LogP contribution in [0.4, 0.5) is 5.69 Å². The van der Waals surface area contributed by atoms with Gasteiger partial charge in [-0.1, -0.05) is 12.1 Å². The van der Waals surface area contributed by atoms with Crippen LogP contribution >= 0.6 is 12.2 Å². The zero-order chi connectivity index (χ0) is 24.1. The van der Waals surface area contributed by atoms with Crippen LogP contribution in [0.1, 0.15) is 22.7 Å². The first-order chi connectivity index (χ1) is 16.5. The SMILES string of the molecule is COc1ccc(OC[C@H]2c3cc(OC)c(OC)cc3CCN2C(=S)Nc2cccc(C)c2)cc1. The second-order valence-corrected chi connectivity index (χ2v) is 8.54. The summed E-state index contributed by atoms with van der Waals surface area (Å²) in [6.07, 6.45) is 0.838. The number of aryl methyl sites for hydroxylation is 1. The molecule has 178 valence electrons. The number of benzene rings is 3. The molecular formula is C27H30N2O4S. The Balaban J connectivity index is 1.63. The van der Waals surface area contributed by atoms with Crippen LogP contribution < -0.4 is 24.3 Å². The van der Waals surface area contributed by atoms with Gasteiger partial charge in [-0.2, -0.15) is 0 Å². The standard InChI is InChI=1S/C27H30N2O4S/c1-18-6-5-7-20(14-18)28-27(34)29-13-12-19-15-25(31-3)26(32-4)16-23(19)24(29)17-33-22-10-8-21(30-2)9-11-22/h5-11,14-16,24H,12-13,17H2,1-4H3,(H,28,34)/t24-/m0/s1. The Bertz CT molecular complexity index is 1150. The van der Waals surface area contributed by atoms with Gasteiger partial charge in [0.25, 0.3) is 0 Å². The molecule has 1 atom stereocenters. The molecule has 7 heteroatoms. The summed E-state index contributed by atoms with van der Waals surface area (Å²) in [5.74, 6) is 2.98. The summed E-state index contributed by atoms with van der Waals surface area (Å²) in [5, 5.41) is 4.07. The van der Waals surface area contributed by atoms with Gasteiger partial charge in [-0.3, -0.25) is 0 Å². The van der Waals surface area contributed by atoms with Gasteiger partial charge in [0.05, 0.1) is 27.4 Å². The fourth-order valence-corrected chi connectivity index (χ4v) is 4.55. The predicted octanol–water partition coefficient (Wildman–Crippen LogP) is 5.40. The lowest BCUT2D eigenvalue weighted by Crippen LogP contribution is -2.44. The van der Waals surface area contributed by atoms with Crippen molar-refractivity contribution in [3.63, 3.8) is 0 Å². The van der Waals surface area contributed by atoms with E-state index in [1.165, 1.54) is 11.1 Å². The van der Waals surface area contributed by atoms with Gasteiger partial charge in [0.2, 0.25) is 0 Å². The number of nitrogens with zero attached hydrogens (tertiary/aromatic N) is 1. The Hall–Kier alpha value is -3.45. The van der Waals surface area contributed by atoms with Crippen LogP contribution in [0, 0.1) is 6.92 Å². The van der Waals surface area contributed by atoms with Crippen LogP contribution in [-0.4, -0.2) is 44.5 Å². The molecule has 0 saturated heterocycles. The lowest BCUT2D eigenvalue weighted by atomic mass is 9.92. The molecule has 1 N–H and O–H groups in total. The monoisotopic (exact) mass is 478 g/mol. The molecule has 0 radical (unpaired) electrons. The molecule has 1 aliphatic heterocycles. The summed E-state index contributed by atoms with van der Waals surface area (Å²) >= 11 is 5.87. The van der Waals surface area contributed by atoms with Gasteiger partial charge < -0.3 is 29.2 Å². The minimum atomic E-state index is -0.101. The average molecular weight is 479 g/mol. The number of anilines is 1. The van der Waals surface area contributed by atoms with Crippen LogP contribution in [0.3, 0.4) is 0 Å². The number of nitrogens with one attached hydrogen (secondary N) is 1. The van der Waals surface area contributed by atoms with Gasteiger partial charge in [-0.05, 0) is 90.8 Å². The Morgan fingerprint density at radius 2 is 1.65 bits per heavy atom. The van der Waals surface area contributed by atoms with Crippen molar-refractivity contribution in [3.05, 3.63) is 77.4 Å². The van der Waals surface area contributed by atoms with Crippen molar-refractivity contribution >= 4 is 23.0 Å². The van der Waals surface area contributed by atoms with Crippen LogP contribution in [0.5, 0.6) is 23.0 Å². The van der Waals surface area contributed by atoms with E-state index in [2.05, 4.69) is 35.3 Å². The third kappa shape index (κ3) is 5.20. The molecule has 0 amide bonds. The fourth-order valence-electron chi connectivity index (χ4n) is 4.22. The second kappa shape index (κ2) is 10.7. The van der Waals surface area contributed by atoms with Crippen LogP contribution in [0.15, 0.2) is 60.7 Å². The van der Waals surface area contributed by atoms with E-state index in [1.807, 2.05) is 42.5 Å². The van der Waals surface area contributed by atoms with Crippen molar-refractivity contribution in [2.75, 3.05) is 39.8 Å². The lowest BCUT2D eigenvalue weighted by Gasteiger charge is -2.39. The van der Waals surface area contributed by atoms with E-state index in [0.29, 0.717) is 17.5 Å². The summed E-state index contributed by atoms with van der Waals surface area (Å²) in [6, 6.07) is 19.8. The smallest absolute Gasteiger partial charge is 0.174 e. The van der Waals surface area contributed by atoms with E-state index >= 15 is 0 Å². The van der Waals surface area contributed by atoms with E-state index in [0.717, 1.165) is 41.5 Å². The zero-order valence-corrected chi connectivity index (χ0v) is 20.8. The van der Waals surface area contributed by atoms with Gasteiger partial charge in [-0.15, -0.1) is 0 Å². The number of methoxy groups -OCH3 is 3. The number of hydrogen-bond acceptors (Lipinski definition) is 5. The summed E-state index contributed by atoms with van der Waals surface area (Å²) in [6.45, 7) is 3.25. The quantitative estimate of drug-likeness (QED) is 0.457. The van der Waals surface area contributed by atoms with Crippen molar-refractivity contribution in [1.29, 1.82) is 0 Å². The van der Waals surface area contributed by atoms with Crippen LogP contribution in [-0.2, 0) is 6.42 Å². The Labute approximate surface area is 206 Å². The highest BCUT2D eigenvalue weighted by Gasteiger charge is 2.31. The van der Waals surface area contributed by atoms with E-state index in [-0.39, 0.29) is 6.04 Å². The first-order valence-corrected chi connectivity index (χ1v) is 11.6. The molecule has 0 bridgehead atoms. The molecule has 34 heavy (non-hydrogen) atoms. The summed E-state index contributed by atoms with van der Waals surface area (Å²) < 4.78 is 22.6. The van der Waals surface area contributed by atoms with E-state index < -0.39 is 0 Å². The molecule has 6 nitrogen and oxygen atoms in total. The molecule has 0 aliphatic carbocycles. The molecule has 0 saturated carbocycles. The van der Waals surface area contributed by atoms with Crippen molar-refractivity contribution in [2.45, 2.75) is 19.4 Å². The number of thiocarbonyl (C=S) groups is 1. The first kappa shape index (κ1) is 23.7. The molecule has 1 heterocycles. The normalized spacial score (nSPS) is 14.7. The molecule has 4 rings (SSSR count). The fraction of sp³-hybridized carbons (Fsp3) is 0.296. The Kier molecular flexibility index (Phi) is 7.43. The molecule has 0 fully saturated rings. The van der Waals surface area contributed by atoms with Crippen molar-refractivity contribution < 1.29 is 18.9 Å². The second-order valence-electron chi connectivity index (χ2n) is 8.15. The number of fused-ring (bicyclic) bond motifs is 1. The van der Waals surface area contributed by atoms with Gasteiger partial charge in [-0.25, -0.2) is 0 Å². The number of rotatable bonds is 7. The molecule has 3 aromatic rings. The number of ether oxygens (including phenoxy) is 4. The predicted molar refractivity (Wildman–Crippen MR) is 139 cm³/mol. The molecule has 0 unspecified atom stereocenters. The summed E-state index contributed by atoms with van der Waals surface area (Å²) in [4.78, 5) is 2.19. The maximum atomic E-state index is 6.22. The molecule has 3 aromatic carbocycles. The van der Waals surface area contributed by atoms with Gasteiger partial charge >= 0.3 is 0 Å². The van der Waals surface area contributed by atoms with Gasteiger partial charge in [0.1, 0.15) is 18.1 Å². The first-order valence-electron chi connectivity index (χ1n) is 11.2. The largest absolute Gasteiger partial charge is 0.497 e. The minimum Gasteiger partial charge on any atom is -0.497 e. The highest BCUT2D eigenvalue weighted by molar-refractivity contribution is 7.80. The van der Waals surface area contributed by atoms with Gasteiger partial charge in [0.15, 0.2) is 16.6 Å². The van der Waals surface area contributed by atoms with Crippen LogP contribution in [0.25, 0.3) is 0 Å². The molecular weight excluding hydrogens is 448 g/mol. The average Bonchev–Trinajstić information content (AvgIpc) is 2.86. The van der Waals surface area contributed by atoms with Crippen molar-refractivity contribution in [2.24, 2.45) is 0 Å². The maximum Gasteiger partial charge on any atom is 0.174 e. The molecule has 1 aliphatic rings. The highest BCUT2D eigenvalue weighted by atomic mass is 32.1. The molecule has 0 spiro atoms. The Morgan fingerprint density at radius 1 is 0.941 bits per heavy atom. The Morgan fingerprint density at radius 3 is 2.32 bits per heavy atom. The third-order valence-electron chi connectivity index (χ3n) is 6.00. The molecule has 0 aromatic heterocycles. The zero-order valence-electron chi connectivity index (χ0n) is 20.0. The van der Waals surface area contributed by atoms with E-state index in [1.54, 1.807) is 21.3 Å². The third-order valence-corrected chi connectivity index (χ3v) is 6.34.